The van der Waals surface area contributed by atoms with Gasteiger partial charge < -0.3 is 86.2 Å². The second kappa shape index (κ2) is 38.7. The molecule has 1 unspecified atom stereocenters. The van der Waals surface area contributed by atoms with Crippen molar-refractivity contribution in [1.82, 2.24) is 67.1 Å². The van der Waals surface area contributed by atoms with E-state index < -0.39 is 144 Å². The van der Waals surface area contributed by atoms with Gasteiger partial charge in [-0.25, -0.2) is 4.39 Å². The van der Waals surface area contributed by atoms with Crippen LogP contribution in [0.2, 0.25) is 0 Å². The highest BCUT2D eigenvalue weighted by Gasteiger charge is 2.50. The van der Waals surface area contributed by atoms with Crippen molar-refractivity contribution in [3.63, 3.8) is 0 Å². The Hall–Kier alpha value is -10.3. The zero-order valence-electron chi connectivity index (χ0n) is 65.3. The number of nitrogens with zero attached hydrogens (tertiary/aromatic N) is 5. The monoisotopic (exact) mass is 1550 g/mol. The summed E-state index contributed by atoms with van der Waals surface area (Å²) in [4.78, 5) is 183. The molecule has 12 amide bonds. The molecular weight excluding hydrogens is 1440 g/mol. The van der Waals surface area contributed by atoms with Crippen LogP contribution in [0.5, 0.6) is 5.75 Å². The molecule has 12 bridgehead atoms. The number of halogens is 1. The van der Waals surface area contributed by atoms with Gasteiger partial charge in [0, 0.05) is 108 Å². The fourth-order valence-corrected chi connectivity index (χ4v) is 15.4. The lowest BCUT2D eigenvalue weighted by Gasteiger charge is -2.37. The number of amides is 12. The molecule has 29 nitrogen and oxygen atoms in total. The predicted octanol–water partition coefficient (Wildman–Crippen LogP) is 2.56. The van der Waals surface area contributed by atoms with Gasteiger partial charge in [0.2, 0.25) is 70.9 Å². The van der Waals surface area contributed by atoms with Gasteiger partial charge in [0.05, 0.1) is 47.0 Å². The van der Waals surface area contributed by atoms with Gasteiger partial charge in [-0.2, -0.15) is 0 Å². The number of hydrogen-bond acceptors (Lipinski definition) is 15. The van der Waals surface area contributed by atoms with Gasteiger partial charge in [-0.15, -0.1) is 0 Å². The molecule has 1 aromatic heterocycles. The molecule has 5 aliphatic rings. The van der Waals surface area contributed by atoms with E-state index in [4.69, 9.17) is 9.47 Å². The van der Waals surface area contributed by atoms with E-state index in [-0.39, 0.29) is 90.0 Å². The van der Waals surface area contributed by atoms with E-state index in [1.165, 1.54) is 38.0 Å². The van der Waals surface area contributed by atoms with E-state index in [1.54, 1.807) is 72.6 Å². The first kappa shape index (κ1) is 84.1. The average Bonchev–Trinajstić information content (AvgIpc) is 1.69. The lowest BCUT2D eigenvalue weighted by molar-refractivity contribution is -0.870. The van der Waals surface area contributed by atoms with Gasteiger partial charge in [0.15, 0.2) is 0 Å². The molecule has 112 heavy (non-hydrogen) atoms. The number of rotatable bonds is 12. The van der Waals surface area contributed by atoms with E-state index in [0.717, 1.165) is 39.9 Å². The number of carbonyl (C=O) groups excluding carboxylic acids is 12. The third-order valence-electron chi connectivity index (χ3n) is 21.7. The first-order valence-corrected chi connectivity index (χ1v) is 39.2. The molecule has 2 saturated heterocycles. The van der Waals surface area contributed by atoms with Crippen molar-refractivity contribution in [2.24, 2.45) is 0 Å². The van der Waals surface area contributed by atoms with Crippen molar-refractivity contribution in [3.05, 3.63) is 136 Å². The topological polar surface area (TPSA) is 366 Å². The molecular formula is C82H110FN14O15+. The zero-order chi connectivity index (χ0) is 80.4. The zero-order valence-corrected chi connectivity index (χ0v) is 65.3. The molecule has 0 radical (unpaired) electrons. The molecule has 5 aromatic rings. The number of aliphatic hydroxyl groups excluding tert-OH is 1. The molecule has 0 aliphatic carbocycles. The minimum Gasteiger partial charge on any atom is -0.497 e. The number of fused-ring (bicyclic) bond motifs is 14. The Labute approximate surface area is 652 Å². The van der Waals surface area contributed by atoms with Gasteiger partial charge in [-0.3, -0.25) is 57.5 Å². The second-order valence-corrected chi connectivity index (χ2v) is 31.5. The summed E-state index contributed by atoms with van der Waals surface area (Å²) in [5.74, 6) is -9.03. The summed E-state index contributed by atoms with van der Waals surface area (Å²) in [5, 5.41) is 37.2. The summed E-state index contributed by atoms with van der Waals surface area (Å²) in [7, 11) is 7.69. The minimum atomic E-state index is -1.86. The smallest absolute Gasteiger partial charge is 0.246 e. The number of nitrogens with one attached hydrogen (secondary N) is 9. The van der Waals surface area contributed by atoms with Crippen LogP contribution in [0.25, 0.3) is 10.9 Å². The number of methoxy groups -OCH3 is 1. The van der Waals surface area contributed by atoms with Crippen LogP contribution in [0.1, 0.15) is 138 Å². The van der Waals surface area contributed by atoms with Crippen molar-refractivity contribution < 1.29 is 81.0 Å². The van der Waals surface area contributed by atoms with Crippen LogP contribution < -0.4 is 52.6 Å². The Morgan fingerprint density at radius 2 is 1.40 bits per heavy atom. The van der Waals surface area contributed by atoms with Gasteiger partial charge in [-0.05, 0) is 142 Å². The summed E-state index contributed by atoms with van der Waals surface area (Å²) in [6, 6.07) is 14.0. The summed E-state index contributed by atoms with van der Waals surface area (Å²) >= 11 is 0. The SMILES string of the molecule is COc1ccc(C[C@@H]2NC(=O)[C@H]([C@@H](C)O)NC(=O)C3[C@@H]4CCN3C(=O)[C@@H]3Cc5cn(c6ccc(F)cc56)CCCCCCN(Cc5cccc(c5)CCNC(=O)[C@]5(C)CCCN5C2=O)C(=O)CCC(=O)N[C@@H](C)C(=O)N[C@H](CNC(=O)CCCCC[N+](C)(C)C)C(=O)N[C@@H](Cc2cccc(c2)CNC(=O)CO4)C(=O)N3)cc1. The Bertz CT molecular complexity index is 4240. The van der Waals surface area contributed by atoms with Crippen molar-refractivity contribution in [2.75, 3.05) is 74.1 Å². The van der Waals surface area contributed by atoms with E-state index in [9.17, 15) is 33.9 Å². The van der Waals surface area contributed by atoms with Crippen molar-refractivity contribution in [2.45, 2.75) is 210 Å². The first-order valence-electron chi connectivity index (χ1n) is 39.2. The minimum absolute atomic E-state index is 0.0754. The molecule has 30 heteroatoms. The largest absolute Gasteiger partial charge is 0.497 e. The number of ether oxygens (including phenoxy) is 2. The molecule has 0 spiro atoms. The number of unbranched alkanes of at least 4 members (excludes halogenated alkanes) is 2. The van der Waals surface area contributed by atoms with Crippen molar-refractivity contribution in [3.8, 4) is 5.75 Å². The van der Waals surface area contributed by atoms with E-state index in [0.29, 0.717) is 96.9 Å². The van der Waals surface area contributed by atoms with Crippen molar-refractivity contribution in [1.29, 1.82) is 0 Å². The van der Waals surface area contributed by atoms with E-state index >= 15 is 33.2 Å². The quantitative estimate of drug-likeness (QED) is 0.0634. The third kappa shape index (κ3) is 22.7. The molecule has 6 heterocycles. The van der Waals surface area contributed by atoms with Crippen LogP contribution in [0.15, 0.2) is 97.2 Å². The maximum absolute atomic E-state index is 16.2. The molecule has 4 aromatic carbocycles. The highest BCUT2D eigenvalue weighted by molar-refractivity contribution is 6.00. The van der Waals surface area contributed by atoms with E-state index in [1.807, 2.05) is 28.8 Å². The summed E-state index contributed by atoms with van der Waals surface area (Å²) in [6.45, 7) is 4.80. The molecule has 10 atom stereocenters. The molecule has 0 saturated carbocycles. The summed E-state index contributed by atoms with van der Waals surface area (Å²) in [5.41, 5.74) is 2.70. The van der Waals surface area contributed by atoms with Crippen LogP contribution in [0.3, 0.4) is 0 Å². The highest BCUT2D eigenvalue weighted by atomic mass is 19.1. The maximum Gasteiger partial charge on any atom is 0.246 e. The molecule has 10 rings (SSSR count). The summed E-state index contributed by atoms with van der Waals surface area (Å²) < 4.78 is 30.2. The molecule has 604 valence electrons. The number of aliphatic hydroxyl groups is 1. The highest BCUT2D eigenvalue weighted by Crippen LogP contribution is 2.32. The molecule has 10 N–H and O–H groups in total. The normalized spacial score (nSPS) is 24.9. The van der Waals surface area contributed by atoms with E-state index in [2.05, 4.69) is 69.0 Å². The van der Waals surface area contributed by atoms with Crippen LogP contribution in [0, 0.1) is 5.82 Å². The van der Waals surface area contributed by atoms with Crippen molar-refractivity contribution >= 4 is 81.8 Å². The van der Waals surface area contributed by atoms with Crippen LogP contribution >= 0.6 is 0 Å². The fraction of sp³-hybridized carbons (Fsp3) is 0.537. The van der Waals surface area contributed by atoms with Crippen LogP contribution in [-0.4, -0.2) is 234 Å². The van der Waals surface area contributed by atoms with Crippen LogP contribution in [0.4, 0.5) is 4.39 Å². The van der Waals surface area contributed by atoms with Gasteiger partial charge in [-0.1, -0.05) is 73.5 Å². The Morgan fingerprint density at radius 1 is 0.688 bits per heavy atom. The Kier molecular flexibility index (Phi) is 29.1. The second-order valence-electron chi connectivity index (χ2n) is 31.5. The maximum atomic E-state index is 16.2. The summed E-state index contributed by atoms with van der Waals surface area (Å²) in [6.07, 6.45) is 2.94. The first-order chi connectivity index (χ1) is 53.5. The number of carbonyl (C=O) groups is 12. The fourth-order valence-electron chi connectivity index (χ4n) is 15.4. The lowest BCUT2D eigenvalue weighted by atomic mass is 9.95. The van der Waals surface area contributed by atoms with Crippen LogP contribution in [-0.2, 0) is 108 Å². The Balaban J connectivity index is 1.09. The average molecular weight is 1550 g/mol. The third-order valence-corrected chi connectivity index (χ3v) is 21.7. The predicted molar refractivity (Wildman–Crippen MR) is 413 cm³/mol. The molecule has 5 aliphatic heterocycles. The Morgan fingerprint density at radius 3 is 2.15 bits per heavy atom. The van der Waals surface area contributed by atoms with Gasteiger partial charge in [0.25, 0.3) is 0 Å². The van der Waals surface area contributed by atoms with Gasteiger partial charge in [0.1, 0.15) is 66.0 Å². The lowest BCUT2D eigenvalue weighted by Crippen LogP contribution is -2.64. The standard InChI is InChI=1S/C82H109FN14O15/c1-51-74(103)91-65(47-86-68(99)22-11-10-14-39-97(4,5)6)76(105)88-62-43-55-19-16-20-56(41-55)46-85-70(101)50-112-67-32-38-95-73(67)78(107)92-72(52(2)98)77(106)90-63(42-54-23-26-60(111-7)27-24-54)80(109)96-37-17-33-82(96,3)81(110)84-34-31-53-18-15-21-57(40-53)48-94(71(102)30-29-69(100)87-51)36-13-9-8-12-35-93-49-58(44-64(79(95)108)89-75(62)104)61-45-59(83)25-28-66(61)93/h15-16,18-21,23-28,40-41,45,49,51-52,62-65,67,72-73,98H,8-14,17,22,29-39,42-44,46-48,50H2,1-7H3,(H8-,84,85,86,87,88,89,90,91,92,99,100,101,103,104,105,106,107,110)/p+1/t51-,52+,62-,63-,64-,65+,67-,72-,73?,82-/m0/s1. The number of aromatic nitrogens is 1. The number of benzene rings is 4. The molecule has 2 fully saturated rings. The number of hydrogen-bond donors (Lipinski definition) is 10. The van der Waals surface area contributed by atoms with Gasteiger partial charge >= 0.3 is 0 Å². The number of aryl methyl sites for hydroxylation is 1. The number of quaternary nitrogens is 1.